The molecule has 1 aromatic carbocycles. The monoisotopic (exact) mass is 346 g/mol. The number of nitrogens with zero attached hydrogens (tertiary/aromatic N) is 3. The summed E-state index contributed by atoms with van der Waals surface area (Å²) in [4.78, 5) is 19.0. The van der Waals surface area contributed by atoms with Crippen LogP contribution >= 0.6 is 0 Å². The summed E-state index contributed by atoms with van der Waals surface area (Å²) in [6.45, 7) is 12.5. The molecule has 2 N–H and O–H groups in total. The molecule has 25 heavy (non-hydrogen) atoms. The van der Waals surface area contributed by atoms with Gasteiger partial charge in [0.25, 0.3) is 0 Å². The van der Waals surface area contributed by atoms with Gasteiger partial charge in [0.05, 0.1) is 0 Å². The van der Waals surface area contributed by atoms with Crippen LogP contribution in [0.4, 0.5) is 5.69 Å². The molecule has 1 fully saturated rings. The van der Waals surface area contributed by atoms with Crippen LogP contribution in [0.1, 0.15) is 25.8 Å². The number of aryl methyl sites for hydroxylation is 1. The zero-order chi connectivity index (χ0) is 18.4. The van der Waals surface area contributed by atoms with Crippen LogP contribution < -0.4 is 10.6 Å². The van der Waals surface area contributed by atoms with Crippen LogP contribution in [0.3, 0.4) is 0 Å². The first-order valence-corrected chi connectivity index (χ1v) is 9.29. The molecular weight excluding hydrogens is 312 g/mol. The number of rotatable bonds is 7. The van der Waals surface area contributed by atoms with E-state index in [-0.39, 0.29) is 11.3 Å². The number of nitrogens with two attached hydrogens (primary N) is 1. The molecule has 0 aromatic heterocycles. The van der Waals surface area contributed by atoms with Crippen molar-refractivity contribution in [3.63, 3.8) is 0 Å². The van der Waals surface area contributed by atoms with Gasteiger partial charge < -0.3 is 15.5 Å². The Bertz CT molecular complexity index is 565. The molecule has 0 aliphatic carbocycles. The third-order valence-electron chi connectivity index (χ3n) is 5.02. The normalized spacial score (nSPS) is 16.1. The molecule has 140 valence electrons. The van der Waals surface area contributed by atoms with E-state index in [1.165, 1.54) is 11.3 Å². The predicted molar refractivity (Wildman–Crippen MR) is 105 cm³/mol. The number of hydrogen-bond donors (Lipinski definition) is 1. The number of piperazine rings is 1. The van der Waals surface area contributed by atoms with Gasteiger partial charge in [-0.1, -0.05) is 26.0 Å². The standard InChI is InChI=1S/C20H34N4O/c1-17-6-5-7-18(14-17)24-12-10-23(11-13-24)9-8-19(25)22(4)16-20(2,3)15-21/h5-7,14H,8-13,15-16,21H2,1-4H3. The Kier molecular flexibility index (Phi) is 6.85. The molecular formula is C20H34N4O. The number of hydrogen-bond acceptors (Lipinski definition) is 4. The second-order valence-electron chi connectivity index (χ2n) is 8.04. The van der Waals surface area contributed by atoms with Crippen molar-refractivity contribution < 1.29 is 4.79 Å². The summed E-state index contributed by atoms with van der Waals surface area (Å²) in [7, 11) is 1.88. The number of carbonyl (C=O) groups excluding carboxylic acids is 1. The number of benzene rings is 1. The van der Waals surface area contributed by atoms with Crippen molar-refractivity contribution in [1.82, 2.24) is 9.80 Å². The van der Waals surface area contributed by atoms with Crippen LogP contribution in [0.5, 0.6) is 0 Å². The summed E-state index contributed by atoms with van der Waals surface area (Å²) in [5, 5.41) is 0. The van der Waals surface area contributed by atoms with Gasteiger partial charge in [0.15, 0.2) is 0 Å². The fourth-order valence-electron chi connectivity index (χ4n) is 3.29. The lowest BCUT2D eigenvalue weighted by Gasteiger charge is -2.36. The van der Waals surface area contributed by atoms with Gasteiger partial charge in [-0.25, -0.2) is 0 Å². The molecule has 0 saturated carbocycles. The SMILES string of the molecule is Cc1cccc(N2CCN(CCC(=O)N(C)CC(C)(C)CN)CC2)c1. The molecule has 1 amide bonds. The highest BCUT2D eigenvalue weighted by atomic mass is 16.2. The van der Waals surface area contributed by atoms with E-state index >= 15 is 0 Å². The number of amides is 1. The fraction of sp³-hybridized carbons (Fsp3) is 0.650. The average molecular weight is 347 g/mol. The van der Waals surface area contributed by atoms with E-state index in [1.807, 2.05) is 11.9 Å². The predicted octanol–water partition coefficient (Wildman–Crippen LogP) is 1.95. The van der Waals surface area contributed by atoms with E-state index in [9.17, 15) is 4.79 Å². The summed E-state index contributed by atoms with van der Waals surface area (Å²) in [6.07, 6.45) is 0.585. The van der Waals surface area contributed by atoms with Crippen molar-refractivity contribution in [3.8, 4) is 0 Å². The van der Waals surface area contributed by atoms with Gasteiger partial charge in [-0.2, -0.15) is 0 Å². The number of anilines is 1. The minimum atomic E-state index is -0.0240. The van der Waals surface area contributed by atoms with Gasteiger partial charge in [0.1, 0.15) is 0 Å². The molecule has 5 heteroatoms. The van der Waals surface area contributed by atoms with Gasteiger partial charge in [0, 0.05) is 58.4 Å². The summed E-state index contributed by atoms with van der Waals surface area (Å²) in [5.74, 6) is 0.211. The van der Waals surface area contributed by atoms with Crippen molar-refractivity contribution in [2.75, 3.05) is 57.8 Å². The van der Waals surface area contributed by atoms with Crippen molar-refractivity contribution in [1.29, 1.82) is 0 Å². The van der Waals surface area contributed by atoms with Gasteiger partial charge >= 0.3 is 0 Å². The van der Waals surface area contributed by atoms with Crippen LogP contribution in [-0.4, -0.2) is 68.6 Å². The smallest absolute Gasteiger partial charge is 0.223 e. The maximum absolute atomic E-state index is 12.4. The molecule has 1 aliphatic rings. The first kappa shape index (κ1) is 19.7. The average Bonchev–Trinajstić information content (AvgIpc) is 2.59. The molecule has 1 aliphatic heterocycles. The lowest BCUT2D eigenvalue weighted by atomic mass is 9.93. The molecule has 2 rings (SSSR count). The Labute approximate surface area is 152 Å². The van der Waals surface area contributed by atoms with Crippen LogP contribution in [0.15, 0.2) is 24.3 Å². The van der Waals surface area contributed by atoms with E-state index in [0.717, 1.165) is 32.7 Å². The molecule has 0 spiro atoms. The molecule has 0 atom stereocenters. The molecule has 1 aromatic rings. The third-order valence-corrected chi connectivity index (χ3v) is 5.02. The molecule has 1 heterocycles. The highest BCUT2D eigenvalue weighted by Gasteiger charge is 2.22. The van der Waals surface area contributed by atoms with Gasteiger partial charge in [-0.3, -0.25) is 9.69 Å². The highest BCUT2D eigenvalue weighted by Crippen LogP contribution is 2.18. The van der Waals surface area contributed by atoms with Crippen molar-refractivity contribution >= 4 is 11.6 Å². The van der Waals surface area contributed by atoms with E-state index in [4.69, 9.17) is 5.73 Å². The minimum Gasteiger partial charge on any atom is -0.369 e. The van der Waals surface area contributed by atoms with Gasteiger partial charge in [-0.05, 0) is 36.6 Å². The van der Waals surface area contributed by atoms with Crippen molar-refractivity contribution in [3.05, 3.63) is 29.8 Å². The first-order chi connectivity index (χ1) is 11.8. The quantitative estimate of drug-likeness (QED) is 0.820. The van der Waals surface area contributed by atoms with Crippen molar-refractivity contribution in [2.24, 2.45) is 11.1 Å². The van der Waals surface area contributed by atoms with Crippen LogP contribution in [-0.2, 0) is 4.79 Å². The Morgan fingerprint density at radius 1 is 1.24 bits per heavy atom. The zero-order valence-electron chi connectivity index (χ0n) is 16.3. The zero-order valence-corrected chi connectivity index (χ0v) is 16.3. The van der Waals surface area contributed by atoms with Crippen LogP contribution in [0.2, 0.25) is 0 Å². The topological polar surface area (TPSA) is 52.8 Å². The largest absolute Gasteiger partial charge is 0.369 e. The fourth-order valence-corrected chi connectivity index (χ4v) is 3.29. The lowest BCUT2D eigenvalue weighted by Crippen LogP contribution is -2.47. The summed E-state index contributed by atoms with van der Waals surface area (Å²) >= 11 is 0. The summed E-state index contributed by atoms with van der Waals surface area (Å²) < 4.78 is 0. The Morgan fingerprint density at radius 3 is 2.52 bits per heavy atom. The van der Waals surface area contributed by atoms with E-state index < -0.39 is 0 Å². The summed E-state index contributed by atoms with van der Waals surface area (Å²) in [5.41, 5.74) is 8.35. The second kappa shape index (κ2) is 8.68. The Morgan fingerprint density at radius 2 is 1.92 bits per heavy atom. The maximum atomic E-state index is 12.4. The lowest BCUT2D eigenvalue weighted by molar-refractivity contribution is -0.131. The molecule has 0 bridgehead atoms. The summed E-state index contributed by atoms with van der Waals surface area (Å²) in [6, 6.07) is 8.68. The first-order valence-electron chi connectivity index (χ1n) is 9.29. The molecule has 5 nitrogen and oxygen atoms in total. The Hall–Kier alpha value is -1.59. The van der Waals surface area contributed by atoms with Gasteiger partial charge in [-0.15, -0.1) is 0 Å². The Balaban J connectivity index is 1.74. The van der Waals surface area contributed by atoms with Crippen LogP contribution in [0, 0.1) is 12.3 Å². The van der Waals surface area contributed by atoms with Crippen LogP contribution in [0.25, 0.3) is 0 Å². The molecule has 1 saturated heterocycles. The molecule has 0 unspecified atom stereocenters. The minimum absolute atomic E-state index is 0.0240. The maximum Gasteiger partial charge on any atom is 0.223 e. The second-order valence-corrected chi connectivity index (χ2v) is 8.04. The van der Waals surface area contributed by atoms with E-state index in [2.05, 4.69) is 54.8 Å². The van der Waals surface area contributed by atoms with Gasteiger partial charge in [0.2, 0.25) is 5.91 Å². The highest BCUT2D eigenvalue weighted by molar-refractivity contribution is 5.76. The number of carbonyl (C=O) groups is 1. The van der Waals surface area contributed by atoms with E-state index in [0.29, 0.717) is 19.5 Å². The molecule has 0 radical (unpaired) electrons. The van der Waals surface area contributed by atoms with E-state index in [1.54, 1.807) is 0 Å². The third kappa shape index (κ3) is 6.01. The van der Waals surface area contributed by atoms with Crippen molar-refractivity contribution in [2.45, 2.75) is 27.2 Å².